The fraction of sp³-hybridized carbons (Fsp3) is 0.429. The second-order valence-corrected chi connectivity index (χ2v) is 4.85. The van der Waals surface area contributed by atoms with Crippen molar-refractivity contribution in [1.82, 2.24) is 10.2 Å². The minimum absolute atomic E-state index is 0.175. The molecule has 1 saturated heterocycles. The van der Waals surface area contributed by atoms with Crippen molar-refractivity contribution in [2.45, 2.75) is 6.04 Å². The predicted molar refractivity (Wildman–Crippen MR) is 77.6 cm³/mol. The van der Waals surface area contributed by atoms with Crippen LogP contribution in [0.4, 0.5) is 10.5 Å². The smallest absolute Gasteiger partial charge is 0.407 e. The third-order valence-corrected chi connectivity index (χ3v) is 3.65. The van der Waals surface area contributed by atoms with Crippen LogP contribution in [0.5, 0.6) is 0 Å². The van der Waals surface area contributed by atoms with Gasteiger partial charge in [-0.25, -0.2) is 4.79 Å². The number of amides is 2. The first-order chi connectivity index (χ1) is 10.1. The van der Waals surface area contributed by atoms with E-state index in [1.807, 2.05) is 17.0 Å². The van der Waals surface area contributed by atoms with E-state index in [0.717, 1.165) is 0 Å². The van der Waals surface area contributed by atoms with Gasteiger partial charge in [-0.3, -0.25) is 4.79 Å². The molecule has 0 aromatic heterocycles. The van der Waals surface area contributed by atoms with Crippen LogP contribution in [0.25, 0.3) is 0 Å². The monoisotopic (exact) mass is 293 g/mol. The van der Waals surface area contributed by atoms with Gasteiger partial charge >= 0.3 is 6.09 Å². The average molecular weight is 293 g/mol. The molecule has 7 nitrogen and oxygen atoms in total. The van der Waals surface area contributed by atoms with E-state index < -0.39 is 6.09 Å². The van der Waals surface area contributed by atoms with Crippen molar-refractivity contribution >= 4 is 17.7 Å². The lowest BCUT2D eigenvalue weighted by atomic mass is 10.1. The molecule has 0 unspecified atom stereocenters. The topological polar surface area (TPSA) is 93.1 Å². The molecule has 1 fully saturated rings. The number of benzene rings is 1. The van der Waals surface area contributed by atoms with Gasteiger partial charge in [-0.15, -0.1) is 0 Å². The standard InChI is InChI=1S/C14H19N3O4/c1-15-13(19)11-4-2-3-5-12(11)17-7-6-16(14(20)21)8-10(17)9-18/h2-5,10,18H,6-9H2,1H3,(H,15,19)(H,20,21)/t10-/m0/s1. The Hall–Kier alpha value is -2.28. The fourth-order valence-electron chi connectivity index (χ4n) is 2.55. The quantitative estimate of drug-likeness (QED) is 0.740. The summed E-state index contributed by atoms with van der Waals surface area (Å²) in [5.74, 6) is -0.206. The number of aliphatic hydroxyl groups excluding tert-OH is 1. The number of hydrogen-bond acceptors (Lipinski definition) is 4. The first-order valence-electron chi connectivity index (χ1n) is 6.75. The number of para-hydroxylation sites is 1. The van der Waals surface area contributed by atoms with Crippen molar-refractivity contribution in [3.63, 3.8) is 0 Å². The maximum atomic E-state index is 11.9. The first-order valence-corrected chi connectivity index (χ1v) is 6.75. The van der Waals surface area contributed by atoms with E-state index in [1.54, 1.807) is 19.2 Å². The molecule has 1 atom stereocenters. The minimum Gasteiger partial charge on any atom is -0.465 e. The molecule has 1 aliphatic heterocycles. The highest BCUT2D eigenvalue weighted by molar-refractivity contribution is 5.99. The van der Waals surface area contributed by atoms with Gasteiger partial charge < -0.3 is 25.3 Å². The highest BCUT2D eigenvalue weighted by atomic mass is 16.4. The Balaban J connectivity index is 2.29. The second-order valence-electron chi connectivity index (χ2n) is 4.85. The lowest BCUT2D eigenvalue weighted by molar-refractivity contribution is 0.0961. The molecular weight excluding hydrogens is 274 g/mol. The van der Waals surface area contributed by atoms with Crippen molar-refractivity contribution in [2.75, 3.05) is 38.2 Å². The maximum Gasteiger partial charge on any atom is 0.407 e. The summed E-state index contributed by atoms with van der Waals surface area (Å²) in [6, 6.07) is 6.76. The van der Waals surface area contributed by atoms with E-state index in [-0.39, 0.29) is 25.1 Å². The lowest BCUT2D eigenvalue weighted by Crippen LogP contribution is -2.56. The Morgan fingerprint density at radius 2 is 2.05 bits per heavy atom. The second kappa shape index (κ2) is 6.45. The molecule has 0 saturated carbocycles. The Morgan fingerprint density at radius 3 is 2.67 bits per heavy atom. The number of anilines is 1. The molecular formula is C14H19N3O4. The van der Waals surface area contributed by atoms with Crippen molar-refractivity contribution in [2.24, 2.45) is 0 Å². The number of nitrogens with one attached hydrogen (secondary N) is 1. The summed E-state index contributed by atoms with van der Waals surface area (Å²) >= 11 is 0. The Kier molecular flexibility index (Phi) is 4.64. The van der Waals surface area contributed by atoms with Gasteiger partial charge in [-0.05, 0) is 12.1 Å². The number of nitrogens with zero attached hydrogens (tertiary/aromatic N) is 2. The highest BCUT2D eigenvalue weighted by Crippen LogP contribution is 2.25. The van der Waals surface area contributed by atoms with E-state index in [2.05, 4.69) is 5.32 Å². The Bertz CT molecular complexity index is 535. The predicted octanol–water partition coefficient (Wildman–Crippen LogP) is 0.207. The van der Waals surface area contributed by atoms with Crippen LogP contribution in [0.2, 0.25) is 0 Å². The third kappa shape index (κ3) is 3.08. The molecule has 1 aromatic carbocycles. The van der Waals surface area contributed by atoms with Gasteiger partial charge in [0.25, 0.3) is 5.91 Å². The molecule has 0 spiro atoms. The third-order valence-electron chi connectivity index (χ3n) is 3.65. The van der Waals surface area contributed by atoms with Crippen molar-refractivity contribution in [3.05, 3.63) is 29.8 Å². The number of rotatable bonds is 3. The van der Waals surface area contributed by atoms with Gasteiger partial charge in [0.15, 0.2) is 0 Å². The van der Waals surface area contributed by atoms with Crippen molar-refractivity contribution in [1.29, 1.82) is 0 Å². The molecule has 7 heteroatoms. The number of carbonyl (C=O) groups excluding carboxylic acids is 1. The number of carbonyl (C=O) groups is 2. The van der Waals surface area contributed by atoms with E-state index in [9.17, 15) is 14.7 Å². The molecule has 0 radical (unpaired) electrons. The van der Waals surface area contributed by atoms with Crippen LogP contribution in [0, 0.1) is 0 Å². The van der Waals surface area contributed by atoms with Gasteiger partial charge in [0.05, 0.1) is 18.2 Å². The minimum atomic E-state index is -0.993. The van der Waals surface area contributed by atoms with Gasteiger partial charge in [-0.1, -0.05) is 12.1 Å². The molecule has 1 aromatic rings. The SMILES string of the molecule is CNC(=O)c1ccccc1N1CCN(C(=O)O)C[C@H]1CO. The zero-order valence-corrected chi connectivity index (χ0v) is 11.8. The average Bonchev–Trinajstić information content (AvgIpc) is 2.53. The Morgan fingerprint density at radius 1 is 1.33 bits per heavy atom. The number of aliphatic hydroxyl groups is 1. The van der Waals surface area contributed by atoms with Crippen LogP contribution in [-0.2, 0) is 0 Å². The van der Waals surface area contributed by atoms with E-state index in [0.29, 0.717) is 24.3 Å². The van der Waals surface area contributed by atoms with Crippen LogP contribution in [0.15, 0.2) is 24.3 Å². The number of carboxylic acid groups (broad SMARTS) is 1. The van der Waals surface area contributed by atoms with Crippen LogP contribution in [0.1, 0.15) is 10.4 Å². The maximum absolute atomic E-state index is 11.9. The van der Waals surface area contributed by atoms with Gasteiger partial charge in [-0.2, -0.15) is 0 Å². The van der Waals surface area contributed by atoms with Crippen LogP contribution in [-0.4, -0.2) is 66.4 Å². The summed E-state index contributed by atoms with van der Waals surface area (Å²) in [5.41, 5.74) is 1.23. The van der Waals surface area contributed by atoms with Crippen LogP contribution >= 0.6 is 0 Å². The summed E-state index contributed by atoms with van der Waals surface area (Å²) in [6.07, 6.45) is -0.993. The van der Waals surface area contributed by atoms with Gasteiger partial charge in [0, 0.05) is 32.4 Å². The van der Waals surface area contributed by atoms with Crippen molar-refractivity contribution in [3.8, 4) is 0 Å². The van der Waals surface area contributed by atoms with E-state index >= 15 is 0 Å². The molecule has 114 valence electrons. The zero-order valence-electron chi connectivity index (χ0n) is 11.8. The summed E-state index contributed by atoms with van der Waals surface area (Å²) < 4.78 is 0. The molecule has 21 heavy (non-hydrogen) atoms. The molecule has 2 amide bonds. The summed E-state index contributed by atoms with van der Waals surface area (Å²) in [5, 5.41) is 21.2. The van der Waals surface area contributed by atoms with Crippen LogP contribution in [0.3, 0.4) is 0 Å². The molecule has 1 heterocycles. The number of piperazine rings is 1. The zero-order chi connectivity index (χ0) is 15.4. The van der Waals surface area contributed by atoms with Crippen LogP contribution < -0.4 is 10.2 Å². The summed E-state index contributed by atoms with van der Waals surface area (Å²) in [6.45, 7) is 0.819. The molecule has 3 N–H and O–H groups in total. The highest BCUT2D eigenvalue weighted by Gasteiger charge is 2.30. The lowest BCUT2D eigenvalue weighted by Gasteiger charge is -2.41. The Labute approximate surface area is 122 Å². The largest absolute Gasteiger partial charge is 0.465 e. The molecule has 0 bridgehead atoms. The summed E-state index contributed by atoms with van der Waals surface area (Å²) in [4.78, 5) is 26.2. The van der Waals surface area contributed by atoms with Gasteiger partial charge in [0.2, 0.25) is 0 Å². The molecule has 2 rings (SSSR count). The van der Waals surface area contributed by atoms with Crippen molar-refractivity contribution < 1.29 is 19.8 Å². The summed E-state index contributed by atoms with van der Waals surface area (Å²) in [7, 11) is 1.56. The van der Waals surface area contributed by atoms with E-state index in [1.165, 1.54) is 4.90 Å². The molecule has 0 aliphatic carbocycles. The first kappa shape index (κ1) is 15.1. The normalized spacial score (nSPS) is 18.5. The fourth-order valence-corrected chi connectivity index (χ4v) is 2.55. The molecule has 1 aliphatic rings. The van der Waals surface area contributed by atoms with E-state index in [4.69, 9.17) is 5.11 Å². The number of hydrogen-bond donors (Lipinski definition) is 3. The van der Waals surface area contributed by atoms with Gasteiger partial charge in [0.1, 0.15) is 0 Å².